The molecular formula is C15H13N3O3S. The molecular weight excluding hydrogens is 302 g/mol. The standard InChI is InChI=1S/C15H13N3O3S/c1-18-12(8-11(17-18)15(19)20)10-7-9(3-4-13(10)21-2)14-16-5-6-22-14/h3-8H,1-2H3,(H,19,20). The van der Waals surface area contributed by atoms with Gasteiger partial charge in [0, 0.05) is 29.8 Å². The molecule has 0 atom stereocenters. The first-order chi connectivity index (χ1) is 10.6. The second-order valence-electron chi connectivity index (χ2n) is 4.60. The number of methoxy groups -OCH3 is 1. The van der Waals surface area contributed by atoms with E-state index in [1.807, 2.05) is 23.6 Å². The maximum Gasteiger partial charge on any atom is 0.356 e. The first-order valence-corrected chi connectivity index (χ1v) is 7.33. The van der Waals surface area contributed by atoms with Crippen molar-refractivity contribution < 1.29 is 14.6 Å². The fourth-order valence-electron chi connectivity index (χ4n) is 2.23. The molecule has 0 radical (unpaired) electrons. The van der Waals surface area contributed by atoms with Gasteiger partial charge in [-0.2, -0.15) is 5.10 Å². The van der Waals surface area contributed by atoms with Gasteiger partial charge in [0.2, 0.25) is 0 Å². The van der Waals surface area contributed by atoms with Crippen LogP contribution in [0.3, 0.4) is 0 Å². The molecule has 22 heavy (non-hydrogen) atoms. The first kappa shape index (κ1) is 14.3. The highest BCUT2D eigenvalue weighted by molar-refractivity contribution is 7.13. The molecule has 2 aromatic heterocycles. The minimum Gasteiger partial charge on any atom is -0.496 e. The van der Waals surface area contributed by atoms with Crippen LogP contribution in [0.15, 0.2) is 35.8 Å². The SMILES string of the molecule is COc1ccc(-c2nccs2)cc1-c1cc(C(=O)O)nn1C. The van der Waals surface area contributed by atoms with Crippen LogP contribution in [0.5, 0.6) is 5.75 Å². The number of nitrogens with zero attached hydrogens (tertiary/aromatic N) is 3. The average molecular weight is 315 g/mol. The van der Waals surface area contributed by atoms with Gasteiger partial charge < -0.3 is 9.84 Å². The van der Waals surface area contributed by atoms with Crippen molar-refractivity contribution in [2.75, 3.05) is 7.11 Å². The number of rotatable bonds is 4. The lowest BCUT2D eigenvalue weighted by Gasteiger charge is -2.10. The lowest BCUT2D eigenvalue weighted by atomic mass is 10.1. The zero-order valence-electron chi connectivity index (χ0n) is 12.0. The molecule has 0 saturated heterocycles. The zero-order chi connectivity index (χ0) is 15.7. The zero-order valence-corrected chi connectivity index (χ0v) is 12.8. The Balaban J connectivity index is 2.16. The summed E-state index contributed by atoms with van der Waals surface area (Å²) in [5.74, 6) is -0.405. The van der Waals surface area contributed by atoms with Gasteiger partial charge in [-0.1, -0.05) is 0 Å². The van der Waals surface area contributed by atoms with Gasteiger partial charge in [-0.25, -0.2) is 9.78 Å². The normalized spacial score (nSPS) is 10.6. The van der Waals surface area contributed by atoms with E-state index in [9.17, 15) is 4.79 Å². The van der Waals surface area contributed by atoms with Crippen molar-refractivity contribution in [3.8, 4) is 27.6 Å². The number of hydrogen-bond acceptors (Lipinski definition) is 5. The number of carboxylic acids is 1. The number of aromatic carboxylic acids is 1. The molecule has 1 N–H and O–H groups in total. The molecule has 3 rings (SSSR count). The molecule has 112 valence electrons. The Hall–Kier alpha value is -2.67. The number of ether oxygens (including phenoxy) is 1. The smallest absolute Gasteiger partial charge is 0.356 e. The van der Waals surface area contributed by atoms with Gasteiger partial charge in [-0.05, 0) is 24.3 Å². The highest BCUT2D eigenvalue weighted by atomic mass is 32.1. The second-order valence-corrected chi connectivity index (χ2v) is 5.49. The Morgan fingerprint density at radius 3 is 2.77 bits per heavy atom. The Kier molecular flexibility index (Phi) is 3.64. The van der Waals surface area contributed by atoms with Crippen molar-refractivity contribution in [3.05, 3.63) is 41.5 Å². The van der Waals surface area contributed by atoms with Crippen LogP contribution in [0.4, 0.5) is 0 Å². The Bertz CT molecular complexity index is 825. The average Bonchev–Trinajstić information content (AvgIpc) is 3.16. The third-order valence-corrected chi connectivity index (χ3v) is 4.08. The molecule has 0 spiro atoms. The van der Waals surface area contributed by atoms with Crippen LogP contribution in [-0.4, -0.2) is 33.0 Å². The Morgan fingerprint density at radius 2 is 2.18 bits per heavy atom. The summed E-state index contributed by atoms with van der Waals surface area (Å²) >= 11 is 1.54. The number of hydrogen-bond donors (Lipinski definition) is 1. The van der Waals surface area contributed by atoms with E-state index < -0.39 is 5.97 Å². The summed E-state index contributed by atoms with van der Waals surface area (Å²) in [6, 6.07) is 7.24. The minimum atomic E-state index is -1.06. The van der Waals surface area contributed by atoms with E-state index >= 15 is 0 Å². The maximum absolute atomic E-state index is 11.1. The number of aromatic nitrogens is 3. The van der Waals surface area contributed by atoms with Crippen LogP contribution in [0.25, 0.3) is 21.8 Å². The minimum absolute atomic E-state index is 0.000736. The van der Waals surface area contributed by atoms with Gasteiger partial charge in [0.05, 0.1) is 12.8 Å². The number of thiazole rings is 1. The van der Waals surface area contributed by atoms with Crippen LogP contribution in [0, 0.1) is 0 Å². The molecule has 0 amide bonds. The molecule has 0 saturated carbocycles. The predicted molar refractivity (Wildman–Crippen MR) is 83.3 cm³/mol. The van der Waals surface area contributed by atoms with Crippen molar-refractivity contribution in [3.63, 3.8) is 0 Å². The molecule has 0 unspecified atom stereocenters. The molecule has 0 bridgehead atoms. The van der Waals surface area contributed by atoms with E-state index in [1.165, 1.54) is 22.1 Å². The molecule has 0 aliphatic carbocycles. The summed E-state index contributed by atoms with van der Waals surface area (Å²) in [5, 5.41) is 15.9. The Labute approximate surface area is 130 Å². The summed E-state index contributed by atoms with van der Waals surface area (Å²) in [6.07, 6.45) is 1.75. The van der Waals surface area contributed by atoms with Crippen LogP contribution in [0.1, 0.15) is 10.5 Å². The first-order valence-electron chi connectivity index (χ1n) is 6.45. The fourth-order valence-corrected chi connectivity index (χ4v) is 2.87. The molecule has 2 heterocycles. The molecule has 0 aliphatic heterocycles. The number of carbonyl (C=O) groups is 1. The predicted octanol–water partition coefficient (Wildman–Crippen LogP) is 2.92. The third kappa shape index (κ3) is 2.46. The quantitative estimate of drug-likeness (QED) is 0.801. The number of carboxylic acid groups (broad SMARTS) is 1. The van der Waals surface area contributed by atoms with Gasteiger partial charge in [-0.3, -0.25) is 4.68 Å². The number of benzene rings is 1. The van der Waals surface area contributed by atoms with Crippen molar-refractivity contribution in [1.82, 2.24) is 14.8 Å². The van der Waals surface area contributed by atoms with Gasteiger partial charge in [0.15, 0.2) is 5.69 Å². The summed E-state index contributed by atoms with van der Waals surface area (Å²) in [4.78, 5) is 15.4. The topological polar surface area (TPSA) is 77.2 Å². The lowest BCUT2D eigenvalue weighted by Crippen LogP contribution is -1.99. The van der Waals surface area contributed by atoms with Gasteiger partial charge in [0.1, 0.15) is 10.8 Å². The van der Waals surface area contributed by atoms with Crippen molar-refractivity contribution in [1.29, 1.82) is 0 Å². The molecule has 1 aromatic carbocycles. The van der Waals surface area contributed by atoms with Crippen LogP contribution < -0.4 is 4.74 Å². The summed E-state index contributed by atoms with van der Waals surface area (Å²) in [7, 11) is 3.29. The summed E-state index contributed by atoms with van der Waals surface area (Å²) in [6.45, 7) is 0. The van der Waals surface area contributed by atoms with Crippen molar-refractivity contribution >= 4 is 17.3 Å². The van der Waals surface area contributed by atoms with E-state index in [4.69, 9.17) is 9.84 Å². The highest BCUT2D eigenvalue weighted by Gasteiger charge is 2.17. The van der Waals surface area contributed by atoms with Crippen LogP contribution in [0.2, 0.25) is 0 Å². The number of aryl methyl sites for hydroxylation is 1. The van der Waals surface area contributed by atoms with E-state index in [2.05, 4.69) is 10.1 Å². The van der Waals surface area contributed by atoms with Crippen LogP contribution >= 0.6 is 11.3 Å². The van der Waals surface area contributed by atoms with E-state index in [0.29, 0.717) is 11.4 Å². The van der Waals surface area contributed by atoms with Gasteiger partial charge in [-0.15, -0.1) is 11.3 Å². The third-order valence-electron chi connectivity index (χ3n) is 3.25. The van der Waals surface area contributed by atoms with E-state index in [-0.39, 0.29) is 5.69 Å². The van der Waals surface area contributed by atoms with Gasteiger partial charge >= 0.3 is 5.97 Å². The maximum atomic E-state index is 11.1. The molecule has 7 heteroatoms. The molecule has 6 nitrogen and oxygen atoms in total. The molecule has 3 aromatic rings. The van der Waals surface area contributed by atoms with Gasteiger partial charge in [0.25, 0.3) is 0 Å². The fraction of sp³-hybridized carbons (Fsp3) is 0.133. The Morgan fingerprint density at radius 1 is 1.36 bits per heavy atom. The van der Waals surface area contributed by atoms with E-state index in [0.717, 1.165) is 16.1 Å². The monoisotopic (exact) mass is 315 g/mol. The summed E-state index contributed by atoms with van der Waals surface area (Å²) < 4.78 is 6.93. The largest absolute Gasteiger partial charge is 0.496 e. The molecule has 0 aliphatic rings. The summed E-state index contributed by atoms with van der Waals surface area (Å²) in [5.41, 5.74) is 2.40. The molecule has 0 fully saturated rings. The second kappa shape index (κ2) is 5.61. The highest BCUT2D eigenvalue weighted by Crippen LogP contribution is 2.34. The lowest BCUT2D eigenvalue weighted by molar-refractivity contribution is 0.0689. The van der Waals surface area contributed by atoms with Crippen LogP contribution in [-0.2, 0) is 7.05 Å². The van der Waals surface area contributed by atoms with E-state index in [1.54, 1.807) is 20.4 Å². The van der Waals surface area contributed by atoms with Crippen molar-refractivity contribution in [2.24, 2.45) is 7.05 Å². The van der Waals surface area contributed by atoms with Crippen molar-refractivity contribution in [2.45, 2.75) is 0 Å².